The van der Waals surface area contributed by atoms with Gasteiger partial charge in [0.25, 0.3) is 0 Å². The summed E-state index contributed by atoms with van der Waals surface area (Å²) in [6, 6.07) is 7.62. The van der Waals surface area contributed by atoms with Crippen LogP contribution in [0.5, 0.6) is 0 Å². The lowest BCUT2D eigenvalue weighted by Crippen LogP contribution is -2.15. The second kappa shape index (κ2) is 3.86. The summed E-state index contributed by atoms with van der Waals surface area (Å²) in [4.78, 5) is 10.9. The second-order valence-electron chi connectivity index (χ2n) is 4.22. The van der Waals surface area contributed by atoms with Gasteiger partial charge in [0.1, 0.15) is 0 Å². The van der Waals surface area contributed by atoms with E-state index >= 15 is 0 Å². The van der Waals surface area contributed by atoms with Crippen LogP contribution in [0.3, 0.4) is 0 Å². The van der Waals surface area contributed by atoms with Crippen molar-refractivity contribution in [3.05, 3.63) is 34.9 Å². The lowest BCUT2D eigenvalue weighted by Gasteiger charge is -2.09. The zero-order chi connectivity index (χ0) is 10.9. The maximum absolute atomic E-state index is 10.9. The average molecular weight is 225 g/mol. The Bertz CT molecular complexity index is 383. The van der Waals surface area contributed by atoms with Gasteiger partial charge in [-0.2, -0.15) is 0 Å². The number of halogens is 1. The Balaban J connectivity index is 1.96. The molecule has 1 fully saturated rings. The van der Waals surface area contributed by atoms with E-state index in [1.165, 1.54) is 0 Å². The molecule has 0 heterocycles. The fourth-order valence-electron chi connectivity index (χ4n) is 1.80. The molecule has 1 saturated carbocycles. The van der Waals surface area contributed by atoms with E-state index in [4.69, 9.17) is 16.7 Å². The van der Waals surface area contributed by atoms with Crippen molar-refractivity contribution in [2.75, 3.05) is 0 Å². The van der Waals surface area contributed by atoms with Crippen LogP contribution in [0.4, 0.5) is 0 Å². The van der Waals surface area contributed by atoms with Crippen LogP contribution in [0.25, 0.3) is 0 Å². The summed E-state index contributed by atoms with van der Waals surface area (Å²) >= 11 is 5.86. The van der Waals surface area contributed by atoms with Crippen molar-refractivity contribution in [3.8, 4) is 0 Å². The van der Waals surface area contributed by atoms with E-state index in [0.29, 0.717) is 5.02 Å². The summed E-state index contributed by atoms with van der Waals surface area (Å²) < 4.78 is 0. The molecule has 0 saturated heterocycles. The fourth-order valence-corrected chi connectivity index (χ4v) is 2.01. The number of rotatable bonds is 4. The number of hydrogen-bond acceptors (Lipinski definition) is 1. The summed E-state index contributed by atoms with van der Waals surface area (Å²) in [6.45, 7) is 0. The predicted octanol–water partition coefficient (Wildman–Crippen LogP) is 3.14. The van der Waals surface area contributed by atoms with Gasteiger partial charge >= 0.3 is 5.97 Å². The number of benzene rings is 1. The van der Waals surface area contributed by atoms with Crippen LogP contribution in [-0.4, -0.2) is 11.1 Å². The molecule has 0 amide bonds. The van der Waals surface area contributed by atoms with E-state index < -0.39 is 11.4 Å². The number of aryl methyl sites for hydroxylation is 1. The molecule has 2 rings (SSSR count). The molecule has 1 N–H and O–H groups in total. The van der Waals surface area contributed by atoms with E-state index in [1.54, 1.807) is 0 Å². The van der Waals surface area contributed by atoms with E-state index in [0.717, 1.165) is 31.2 Å². The molecular weight excluding hydrogens is 212 g/mol. The first-order valence-electron chi connectivity index (χ1n) is 5.10. The van der Waals surface area contributed by atoms with Gasteiger partial charge < -0.3 is 5.11 Å². The third kappa shape index (κ3) is 2.32. The van der Waals surface area contributed by atoms with Crippen molar-refractivity contribution in [1.82, 2.24) is 0 Å². The maximum atomic E-state index is 10.9. The first-order chi connectivity index (χ1) is 7.12. The normalized spacial score (nSPS) is 17.4. The largest absolute Gasteiger partial charge is 0.481 e. The van der Waals surface area contributed by atoms with Gasteiger partial charge in [-0.15, -0.1) is 0 Å². The number of carboxylic acid groups (broad SMARTS) is 1. The number of aliphatic carboxylic acids is 1. The average Bonchev–Trinajstić information content (AvgIpc) is 2.96. The first kappa shape index (κ1) is 10.5. The van der Waals surface area contributed by atoms with Crippen LogP contribution >= 0.6 is 11.6 Å². The van der Waals surface area contributed by atoms with E-state index in [-0.39, 0.29) is 0 Å². The van der Waals surface area contributed by atoms with Crippen molar-refractivity contribution in [2.24, 2.45) is 5.41 Å². The summed E-state index contributed by atoms with van der Waals surface area (Å²) in [7, 11) is 0. The summed E-state index contributed by atoms with van der Waals surface area (Å²) in [5, 5.41) is 9.73. The lowest BCUT2D eigenvalue weighted by atomic mass is 9.97. The van der Waals surface area contributed by atoms with Gasteiger partial charge in [-0.3, -0.25) is 4.79 Å². The topological polar surface area (TPSA) is 37.3 Å². The molecule has 1 aliphatic rings. The minimum Gasteiger partial charge on any atom is -0.481 e. The molecule has 0 unspecified atom stereocenters. The van der Waals surface area contributed by atoms with Gasteiger partial charge in [0.05, 0.1) is 5.41 Å². The fraction of sp³-hybridized carbons (Fsp3) is 0.417. The second-order valence-corrected chi connectivity index (χ2v) is 4.65. The SMILES string of the molecule is O=C(O)C1(CCc2cccc(Cl)c2)CC1. The Hall–Kier alpha value is -1.02. The Kier molecular flexibility index (Phi) is 2.70. The van der Waals surface area contributed by atoms with E-state index in [2.05, 4.69) is 0 Å². The third-order valence-electron chi connectivity index (χ3n) is 3.09. The minimum absolute atomic E-state index is 0.428. The monoisotopic (exact) mass is 224 g/mol. The number of carbonyl (C=O) groups is 1. The molecule has 0 aliphatic heterocycles. The van der Waals surface area contributed by atoms with Crippen molar-refractivity contribution >= 4 is 17.6 Å². The molecule has 2 nitrogen and oxygen atoms in total. The Morgan fingerprint density at radius 1 is 1.47 bits per heavy atom. The van der Waals surface area contributed by atoms with Gasteiger partial charge in [0, 0.05) is 5.02 Å². The first-order valence-corrected chi connectivity index (χ1v) is 5.48. The van der Waals surface area contributed by atoms with Crippen LogP contribution in [0.15, 0.2) is 24.3 Å². The highest BCUT2D eigenvalue weighted by Crippen LogP contribution is 2.49. The van der Waals surface area contributed by atoms with Crippen LogP contribution in [0.2, 0.25) is 5.02 Å². The van der Waals surface area contributed by atoms with Crippen LogP contribution in [0, 0.1) is 5.41 Å². The van der Waals surface area contributed by atoms with Gasteiger partial charge in [0.15, 0.2) is 0 Å². The predicted molar refractivity (Wildman–Crippen MR) is 59.1 cm³/mol. The van der Waals surface area contributed by atoms with Crippen LogP contribution in [0.1, 0.15) is 24.8 Å². The molecule has 80 valence electrons. The molecule has 0 spiro atoms. The molecule has 0 atom stereocenters. The van der Waals surface area contributed by atoms with E-state index in [9.17, 15) is 4.79 Å². The van der Waals surface area contributed by atoms with Crippen molar-refractivity contribution in [3.63, 3.8) is 0 Å². The molecule has 1 aliphatic carbocycles. The summed E-state index contributed by atoms with van der Waals surface area (Å²) in [5.74, 6) is -0.649. The molecule has 0 radical (unpaired) electrons. The summed E-state index contributed by atoms with van der Waals surface area (Å²) in [5.41, 5.74) is 0.692. The van der Waals surface area contributed by atoms with Gasteiger partial charge in [-0.25, -0.2) is 0 Å². The zero-order valence-corrected chi connectivity index (χ0v) is 9.13. The van der Waals surface area contributed by atoms with Gasteiger partial charge in [-0.1, -0.05) is 23.7 Å². The quantitative estimate of drug-likeness (QED) is 0.853. The van der Waals surface area contributed by atoms with Crippen LogP contribution in [-0.2, 0) is 11.2 Å². The molecule has 0 bridgehead atoms. The highest BCUT2D eigenvalue weighted by atomic mass is 35.5. The molecule has 1 aromatic rings. The smallest absolute Gasteiger partial charge is 0.309 e. The summed E-state index contributed by atoms with van der Waals surface area (Å²) in [6.07, 6.45) is 3.17. The third-order valence-corrected chi connectivity index (χ3v) is 3.32. The molecule has 3 heteroatoms. The lowest BCUT2D eigenvalue weighted by molar-refractivity contribution is -0.143. The van der Waals surface area contributed by atoms with Crippen molar-refractivity contribution < 1.29 is 9.90 Å². The molecule has 0 aromatic heterocycles. The highest BCUT2D eigenvalue weighted by molar-refractivity contribution is 6.30. The molecule has 15 heavy (non-hydrogen) atoms. The number of hydrogen-bond donors (Lipinski definition) is 1. The maximum Gasteiger partial charge on any atom is 0.309 e. The van der Waals surface area contributed by atoms with Crippen molar-refractivity contribution in [1.29, 1.82) is 0 Å². The van der Waals surface area contributed by atoms with Gasteiger partial charge in [0.2, 0.25) is 0 Å². The van der Waals surface area contributed by atoms with Crippen molar-refractivity contribution in [2.45, 2.75) is 25.7 Å². The number of carboxylic acids is 1. The van der Waals surface area contributed by atoms with Gasteiger partial charge in [-0.05, 0) is 43.4 Å². The minimum atomic E-state index is -0.649. The van der Waals surface area contributed by atoms with Crippen LogP contribution < -0.4 is 0 Å². The zero-order valence-electron chi connectivity index (χ0n) is 8.37. The Morgan fingerprint density at radius 3 is 2.73 bits per heavy atom. The standard InChI is InChI=1S/C12H13ClO2/c13-10-3-1-2-9(8-10)4-5-12(6-7-12)11(14)15/h1-3,8H,4-7H2,(H,14,15). The molecule has 1 aromatic carbocycles. The Labute approximate surface area is 93.9 Å². The highest BCUT2D eigenvalue weighted by Gasteiger charge is 2.49. The molecular formula is C12H13ClO2. The van der Waals surface area contributed by atoms with E-state index in [1.807, 2.05) is 24.3 Å². The Morgan fingerprint density at radius 2 is 2.20 bits per heavy atom.